The summed E-state index contributed by atoms with van der Waals surface area (Å²) in [5.74, 6) is 0.135. The molecule has 0 fully saturated rings. The molecule has 0 spiro atoms. The summed E-state index contributed by atoms with van der Waals surface area (Å²) in [6.07, 6.45) is 6.41. The highest BCUT2D eigenvalue weighted by Crippen LogP contribution is 2.25. The highest BCUT2D eigenvalue weighted by molar-refractivity contribution is 6.20. The van der Waals surface area contributed by atoms with Crippen LogP contribution in [-0.2, 0) is 4.74 Å². The van der Waals surface area contributed by atoms with Crippen LogP contribution < -0.4 is 0 Å². The van der Waals surface area contributed by atoms with Crippen molar-refractivity contribution in [3.63, 3.8) is 0 Å². The lowest BCUT2D eigenvalue weighted by molar-refractivity contribution is -0.137. The molecule has 0 saturated heterocycles. The molecule has 1 rings (SSSR count). The van der Waals surface area contributed by atoms with Crippen LogP contribution in [0.2, 0.25) is 0 Å². The van der Waals surface area contributed by atoms with E-state index in [-0.39, 0.29) is 5.76 Å². The van der Waals surface area contributed by atoms with Crippen molar-refractivity contribution in [1.82, 2.24) is 0 Å². The van der Waals surface area contributed by atoms with Crippen LogP contribution in [0.5, 0.6) is 0 Å². The average molecular weight is 181 g/mol. The van der Waals surface area contributed by atoms with Crippen molar-refractivity contribution in [3.8, 4) is 0 Å². The minimum Gasteiger partial charge on any atom is -0.420 e. The Hall–Kier alpha value is -0.570. The van der Waals surface area contributed by atoms with Crippen molar-refractivity contribution in [2.24, 2.45) is 0 Å². The quantitative estimate of drug-likeness (QED) is 0.594. The molecule has 11 heavy (non-hydrogen) atoms. The fraction of sp³-hybridized carbons (Fsp3) is 0.429. The van der Waals surface area contributed by atoms with Crippen LogP contribution in [-0.4, -0.2) is 5.57 Å². The molecule has 1 nitrogen and oxygen atoms in total. The summed E-state index contributed by atoms with van der Waals surface area (Å²) in [7, 11) is 0. The molecular weight excluding hydrogens is 174 g/mol. The van der Waals surface area contributed by atoms with Gasteiger partial charge in [-0.3, -0.25) is 0 Å². The third-order valence-corrected chi connectivity index (χ3v) is 1.27. The Kier molecular flexibility index (Phi) is 2.49. The van der Waals surface area contributed by atoms with Gasteiger partial charge in [0.2, 0.25) is 0 Å². The Bertz CT molecular complexity index is 193. The monoisotopic (exact) mass is 180 g/mol. The molecule has 0 aromatic carbocycles. The highest BCUT2D eigenvalue weighted by atomic mass is 35.5. The number of halogens is 3. The maximum atomic E-state index is 12.0. The van der Waals surface area contributed by atoms with Crippen LogP contribution in [0.4, 0.5) is 8.78 Å². The van der Waals surface area contributed by atoms with Gasteiger partial charge in [0.05, 0.1) is 0 Å². The van der Waals surface area contributed by atoms with E-state index in [1.807, 2.05) is 0 Å². The summed E-state index contributed by atoms with van der Waals surface area (Å²) < 4.78 is 28.0. The minimum absolute atomic E-state index is 0.135. The lowest BCUT2D eigenvalue weighted by Gasteiger charge is -2.12. The molecule has 0 atom stereocenters. The van der Waals surface area contributed by atoms with E-state index < -0.39 is 5.57 Å². The first kappa shape index (κ1) is 8.53. The normalized spacial score (nSPS) is 17.9. The van der Waals surface area contributed by atoms with Crippen LogP contribution in [0.1, 0.15) is 12.8 Å². The van der Waals surface area contributed by atoms with Gasteiger partial charge in [-0.2, -0.15) is 0 Å². The Morgan fingerprint density at radius 3 is 2.64 bits per heavy atom. The van der Waals surface area contributed by atoms with Crippen molar-refractivity contribution >= 4 is 11.6 Å². The van der Waals surface area contributed by atoms with Crippen LogP contribution in [0.3, 0.4) is 0 Å². The molecule has 0 bridgehead atoms. The number of hydrogen-bond acceptors (Lipinski definition) is 1. The predicted octanol–water partition coefficient (Wildman–Crippen LogP) is 3.03. The number of ether oxygens (including phenoxy) is 1. The molecule has 0 amide bonds. The molecule has 1 aliphatic rings. The van der Waals surface area contributed by atoms with Gasteiger partial charge in [0.15, 0.2) is 0 Å². The van der Waals surface area contributed by atoms with E-state index in [0.29, 0.717) is 0 Å². The Morgan fingerprint density at radius 2 is 2.18 bits per heavy atom. The van der Waals surface area contributed by atoms with E-state index in [2.05, 4.69) is 16.3 Å². The van der Waals surface area contributed by atoms with Crippen molar-refractivity contribution < 1.29 is 13.5 Å². The van der Waals surface area contributed by atoms with Crippen molar-refractivity contribution in [2.75, 3.05) is 0 Å². The van der Waals surface area contributed by atoms with Crippen molar-refractivity contribution in [3.05, 3.63) is 24.0 Å². The van der Waals surface area contributed by atoms with Crippen LogP contribution in [0, 0.1) is 0 Å². The van der Waals surface area contributed by atoms with Crippen LogP contribution >= 0.6 is 11.6 Å². The maximum Gasteiger partial charge on any atom is 0.487 e. The zero-order valence-corrected chi connectivity index (χ0v) is 6.44. The van der Waals surface area contributed by atoms with Gasteiger partial charge in [0.25, 0.3) is 0 Å². The lowest BCUT2D eigenvalue weighted by Crippen LogP contribution is -2.11. The SMILES string of the molecule is FC(F)(Cl)OC1=CCCC=C1. The zero-order chi connectivity index (χ0) is 8.32. The minimum atomic E-state index is -3.59. The smallest absolute Gasteiger partial charge is 0.420 e. The molecule has 0 radical (unpaired) electrons. The van der Waals surface area contributed by atoms with Gasteiger partial charge in [-0.15, -0.1) is 8.78 Å². The van der Waals surface area contributed by atoms with Crippen molar-refractivity contribution in [1.29, 1.82) is 0 Å². The molecule has 62 valence electrons. The lowest BCUT2D eigenvalue weighted by atomic mass is 10.2. The zero-order valence-electron chi connectivity index (χ0n) is 5.69. The molecule has 0 N–H and O–H groups in total. The summed E-state index contributed by atoms with van der Waals surface area (Å²) in [5.41, 5.74) is -3.59. The second-order valence-electron chi connectivity index (χ2n) is 2.13. The van der Waals surface area contributed by atoms with Gasteiger partial charge in [0.1, 0.15) is 5.76 Å². The van der Waals surface area contributed by atoms with E-state index in [9.17, 15) is 8.78 Å². The van der Waals surface area contributed by atoms with Gasteiger partial charge in [-0.25, -0.2) is 0 Å². The van der Waals surface area contributed by atoms with E-state index in [4.69, 9.17) is 0 Å². The standard InChI is InChI=1S/C7H7ClF2O/c8-7(9,10)11-6-4-2-1-3-5-6/h2,4-5H,1,3H2. The van der Waals surface area contributed by atoms with E-state index in [0.717, 1.165) is 12.8 Å². The first-order valence-electron chi connectivity index (χ1n) is 3.20. The highest BCUT2D eigenvalue weighted by Gasteiger charge is 2.27. The molecule has 0 aliphatic heterocycles. The molecule has 0 aromatic heterocycles. The van der Waals surface area contributed by atoms with E-state index >= 15 is 0 Å². The third kappa shape index (κ3) is 3.37. The van der Waals surface area contributed by atoms with Gasteiger partial charge in [-0.1, -0.05) is 6.08 Å². The predicted molar refractivity (Wildman–Crippen MR) is 38.3 cm³/mol. The number of allylic oxidation sites excluding steroid dienone is 3. The summed E-state index contributed by atoms with van der Waals surface area (Å²) >= 11 is 4.54. The topological polar surface area (TPSA) is 9.23 Å². The van der Waals surface area contributed by atoms with E-state index in [1.54, 1.807) is 12.2 Å². The number of alkyl halides is 3. The molecular formula is C7H7ClF2O. The summed E-state index contributed by atoms with van der Waals surface area (Å²) in [6, 6.07) is 0. The van der Waals surface area contributed by atoms with Crippen molar-refractivity contribution in [2.45, 2.75) is 18.4 Å². The average Bonchev–Trinajstić information content (AvgIpc) is 1.85. The molecule has 0 aromatic rings. The molecule has 1 aliphatic carbocycles. The fourth-order valence-corrected chi connectivity index (χ4v) is 0.888. The molecule has 0 heterocycles. The largest absolute Gasteiger partial charge is 0.487 e. The molecule has 4 heteroatoms. The van der Waals surface area contributed by atoms with Crippen LogP contribution in [0.15, 0.2) is 24.0 Å². The summed E-state index contributed by atoms with van der Waals surface area (Å²) in [5, 5.41) is 0. The Labute approximate surface area is 68.3 Å². The Balaban J connectivity index is 2.49. The molecule has 0 saturated carbocycles. The number of hydrogen-bond donors (Lipinski definition) is 0. The maximum absolute atomic E-state index is 12.0. The van der Waals surface area contributed by atoms with E-state index in [1.165, 1.54) is 6.08 Å². The summed E-state index contributed by atoms with van der Waals surface area (Å²) in [6.45, 7) is 0. The molecule has 0 unspecified atom stereocenters. The first-order valence-corrected chi connectivity index (χ1v) is 3.58. The van der Waals surface area contributed by atoms with Gasteiger partial charge >= 0.3 is 5.57 Å². The van der Waals surface area contributed by atoms with Gasteiger partial charge in [-0.05, 0) is 25.0 Å². The Morgan fingerprint density at radius 1 is 1.45 bits per heavy atom. The summed E-state index contributed by atoms with van der Waals surface area (Å²) in [4.78, 5) is 0. The second-order valence-corrected chi connectivity index (χ2v) is 2.57. The van der Waals surface area contributed by atoms with Gasteiger partial charge in [0, 0.05) is 11.6 Å². The third-order valence-electron chi connectivity index (χ3n) is 1.19. The van der Waals surface area contributed by atoms with Gasteiger partial charge < -0.3 is 4.74 Å². The second kappa shape index (κ2) is 3.22. The number of rotatable bonds is 2. The first-order chi connectivity index (χ1) is 5.08. The fourth-order valence-electron chi connectivity index (χ4n) is 0.799. The van der Waals surface area contributed by atoms with Crippen LogP contribution in [0.25, 0.3) is 0 Å².